The van der Waals surface area contributed by atoms with Gasteiger partial charge in [0.15, 0.2) is 0 Å². The Kier molecular flexibility index (Phi) is 5.06. The number of carboxylic acid groups (broad SMARTS) is 2. The lowest BCUT2D eigenvalue weighted by atomic mass is 9.89. The molecule has 4 heteroatoms. The van der Waals surface area contributed by atoms with Crippen LogP contribution in [0.3, 0.4) is 0 Å². The van der Waals surface area contributed by atoms with Crippen LogP contribution in [0.25, 0.3) is 22.3 Å². The van der Waals surface area contributed by atoms with E-state index in [1.165, 1.54) is 12.1 Å². The molecule has 0 saturated heterocycles. The second kappa shape index (κ2) is 7.31. The summed E-state index contributed by atoms with van der Waals surface area (Å²) >= 11 is 0. The van der Waals surface area contributed by atoms with Crippen molar-refractivity contribution in [2.45, 2.75) is 27.7 Å². The van der Waals surface area contributed by atoms with E-state index in [9.17, 15) is 19.8 Å². The molecule has 0 bridgehead atoms. The summed E-state index contributed by atoms with van der Waals surface area (Å²) in [5.41, 5.74) is 6.34. The van der Waals surface area contributed by atoms with Gasteiger partial charge in [-0.25, -0.2) is 9.59 Å². The topological polar surface area (TPSA) is 74.6 Å². The predicted octanol–water partition coefficient (Wildman–Crippen LogP) is 5.65. The van der Waals surface area contributed by atoms with Crippen molar-refractivity contribution in [3.8, 4) is 22.3 Å². The van der Waals surface area contributed by atoms with Crippen molar-refractivity contribution in [1.82, 2.24) is 0 Å². The van der Waals surface area contributed by atoms with E-state index < -0.39 is 11.9 Å². The van der Waals surface area contributed by atoms with E-state index >= 15 is 0 Å². The lowest BCUT2D eigenvalue weighted by molar-refractivity contribution is 0.0682. The molecule has 0 aliphatic carbocycles. The first-order chi connectivity index (χ1) is 13.2. The maximum atomic E-state index is 12.0. The quantitative estimate of drug-likeness (QED) is 0.619. The molecule has 0 atom stereocenters. The van der Waals surface area contributed by atoms with Crippen LogP contribution in [0.4, 0.5) is 0 Å². The number of carbonyl (C=O) groups is 2. The fraction of sp³-hybridized carbons (Fsp3) is 0.167. The highest BCUT2D eigenvalue weighted by Crippen LogP contribution is 2.34. The van der Waals surface area contributed by atoms with Gasteiger partial charge in [0.1, 0.15) is 0 Å². The standard InChI is InChI=1S/C24H22O4/c1-13-5-14(2)8-17(7-13)19-11-22(24(27)28)20(12-21(19)23(25)26)18-9-15(3)6-16(4)10-18/h5-12H,1-4H3,(H,25,26)(H,27,28). The number of benzene rings is 3. The lowest BCUT2D eigenvalue weighted by Gasteiger charge is -2.15. The minimum atomic E-state index is -1.09. The van der Waals surface area contributed by atoms with E-state index in [1.54, 1.807) is 0 Å². The van der Waals surface area contributed by atoms with Crippen molar-refractivity contribution >= 4 is 11.9 Å². The molecule has 0 amide bonds. The van der Waals surface area contributed by atoms with Crippen LogP contribution >= 0.6 is 0 Å². The summed E-state index contributed by atoms with van der Waals surface area (Å²) in [5.74, 6) is -2.17. The molecule has 0 fully saturated rings. The first-order valence-electron chi connectivity index (χ1n) is 8.97. The van der Waals surface area contributed by atoms with Crippen molar-refractivity contribution in [2.24, 2.45) is 0 Å². The van der Waals surface area contributed by atoms with E-state index in [0.29, 0.717) is 22.3 Å². The van der Waals surface area contributed by atoms with Crippen molar-refractivity contribution in [2.75, 3.05) is 0 Å². The molecule has 2 N–H and O–H groups in total. The van der Waals surface area contributed by atoms with Gasteiger partial charge in [0.05, 0.1) is 11.1 Å². The van der Waals surface area contributed by atoms with E-state index in [4.69, 9.17) is 0 Å². The van der Waals surface area contributed by atoms with Crippen LogP contribution in [-0.2, 0) is 0 Å². The maximum Gasteiger partial charge on any atom is 0.336 e. The van der Waals surface area contributed by atoms with Crippen LogP contribution in [0.2, 0.25) is 0 Å². The first kappa shape index (κ1) is 19.4. The summed E-state index contributed by atoms with van der Waals surface area (Å²) in [7, 11) is 0. The molecule has 3 aromatic carbocycles. The normalized spacial score (nSPS) is 10.7. The van der Waals surface area contributed by atoms with Gasteiger partial charge in [0.2, 0.25) is 0 Å². The third-order valence-corrected chi connectivity index (χ3v) is 4.68. The Bertz CT molecular complexity index is 980. The van der Waals surface area contributed by atoms with Gasteiger partial charge in [-0.3, -0.25) is 0 Å². The third-order valence-electron chi connectivity index (χ3n) is 4.68. The Balaban J connectivity index is 2.36. The predicted molar refractivity (Wildman–Crippen MR) is 110 cm³/mol. The Hall–Kier alpha value is -3.40. The van der Waals surface area contributed by atoms with E-state index in [0.717, 1.165) is 22.3 Å². The summed E-state index contributed by atoms with van der Waals surface area (Å²) in [6, 6.07) is 14.4. The summed E-state index contributed by atoms with van der Waals surface area (Å²) < 4.78 is 0. The van der Waals surface area contributed by atoms with Crippen molar-refractivity contribution in [3.05, 3.63) is 81.9 Å². The van der Waals surface area contributed by atoms with Gasteiger partial charge in [0.25, 0.3) is 0 Å². The minimum absolute atomic E-state index is 0.0872. The van der Waals surface area contributed by atoms with Gasteiger partial charge in [-0.1, -0.05) is 58.7 Å². The number of aromatic carboxylic acids is 2. The molecule has 0 aliphatic heterocycles. The Morgan fingerprint density at radius 2 is 0.821 bits per heavy atom. The molecule has 3 rings (SSSR count). The average Bonchev–Trinajstić information content (AvgIpc) is 2.58. The highest BCUT2D eigenvalue weighted by molar-refractivity contribution is 6.04. The minimum Gasteiger partial charge on any atom is -0.478 e. The molecule has 0 aliphatic rings. The largest absolute Gasteiger partial charge is 0.478 e. The number of aryl methyl sites for hydroxylation is 4. The smallest absolute Gasteiger partial charge is 0.336 e. The molecule has 0 spiro atoms. The molecule has 0 unspecified atom stereocenters. The number of hydrogen-bond donors (Lipinski definition) is 2. The highest BCUT2D eigenvalue weighted by Gasteiger charge is 2.21. The van der Waals surface area contributed by atoms with Crippen LogP contribution in [0.5, 0.6) is 0 Å². The van der Waals surface area contributed by atoms with Crippen LogP contribution in [0, 0.1) is 27.7 Å². The van der Waals surface area contributed by atoms with E-state index in [2.05, 4.69) is 0 Å². The van der Waals surface area contributed by atoms with Crippen molar-refractivity contribution < 1.29 is 19.8 Å². The Morgan fingerprint density at radius 3 is 1.07 bits per heavy atom. The zero-order chi connectivity index (χ0) is 20.6. The Morgan fingerprint density at radius 1 is 0.536 bits per heavy atom. The molecular formula is C24H22O4. The Labute approximate surface area is 164 Å². The van der Waals surface area contributed by atoms with Gasteiger partial charge in [-0.15, -0.1) is 0 Å². The van der Waals surface area contributed by atoms with Gasteiger partial charge >= 0.3 is 11.9 Å². The molecule has 142 valence electrons. The number of carboxylic acids is 2. The molecule has 28 heavy (non-hydrogen) atoms. The van der Waals surface area contributed by atoms with Gasteiger partial charge in [-0.05, 0) is 62.1 Å². The zero-order valence-corrected chi connectivity index (χ0v) is 16.3. The van der Waals surface area contributed by atoms with Gasteiger partial charge in [0, 0.05) is 0 Å². The SMILES string of the molecule is Cc1cc(C)cc(-c2cc(C(=O)O)c(-c3cc(C)cc(C)c3)cc2C(=O)O)c1. The molecule has 4 nitrogen and oxygen atoms in total. The molecule has 0 radical (unpaired) electrons. The van der Waals surface area contributed by atoms with Crippen LogP contribution in [-0.4, -0.2) is 22.2 Å². The summed E-state index contributed by atoms with van der Waals surface area (Å²) in [4.78, 5) is 24.0. The average molecular weight is 374 g/mol. The summed E-state index contributed by atoms with van der Waals surface area (Å²) in [6.45, 7) is 7.72. The van der Waals surface area contributed by atoms with E-state index in [-0.39, 0.29) is 11.1 Å². The third kappa shape index (κ3) is 3.81. The van der Waals surface area contributed by atoms with Crippen LogP contribution < -0.4 is 0 Å². The molecule has 0 saturated carbocycles. The van der Waals surface area contributed by atoms with Gasteiger partial charge < -0.3 is 10.2 Å². The molecule has 0 aromatic heterocycles. The second-order valence-electron chi connectivity index (χ2n) is 7.31. The maximum absolute atomic E-state index is 12.0. The van der Waals surface area contributed by atoms with Crippen molar-refractivity contribution in [1.29, 1.82) is 0 Å². The van der Waals surface area contributed by atoms with Crippen LogP contribution in [0.1, 0.15) is 43.0 Å². The number of hydrogen-bond acceptors (Lipinski definition) is 2. The monoisotopic (exact) mass is 374 g/mol. The zero-order valence-electron chi connectivity index (χ0n) is 16.3. The van der Waals surface area contributed by atoms with E-state index in [1.807, 2.05) is 64.1 Å². The molecular weight excluding hydrogens is 352 g/mol. The van der Waals surface area contributed by atoms with Gasteiger partial charge in [-0.2, -0.15) is 0 Å². The summed E-state index contributed by atoms with van der Waals surface area (Å²) in [5, 5.41) is 19.7. The lowest BCUT2D eigenvalue weighted by Crippen LogP contribution is -2.07. The second-order valence-corrected chi connectivity index (χ2v) is 7.31. The first-order valence-corrected chi connectivity index (χ1v) is 8.97. The van der Waals surface area contributed by atoms with Crippen molar-refractivity contribution in [3.63, 3.8) is 0 Å². The number of rotatable bonds is 4. The summed E-state index contributed by atoms with van der Waals surface area (Å²) in [6.07, 6.45) is 0. The highest BCUT2D eigenvalue weighted by atomic mass is 16.4. The fourth-order valence-electron chi connectivity index (χ4n) is 3.69. The molecule has 0 heterocycles. The van der Waals surface area contributed by atoms with Crippen LogP contribution in [0.15, 0.2) is 48.5 Å². The fourth-order valence-corrected chi connectivity index (χ4v) is 3.69. The molecule has 3 aromatic rings.